The zero-order chi connectivity index (χ0) is 25.2. The fourth-order valence-corrected chi connectivity index (χ4v) is 4.53. The third kappa shape index (κ3) is 5.18. The molecule has 0 saturated carbocycles. The Balaban J connectivity index is 1.53. The molecule has 3 aromatic carbocycles. The van der Waals surface area contributed by atoms with Crippen LogP contribution in [-0.4, -0.2) is 40.5 Å². The Hall–Kier alpha value is -3.36. The maximum Gasteiger partial charge on any atom is 0.411 e. The fourth-order valence-electron chi connectivity index (χ4n) is 4.53. The molecule has 1 fully saturated rings. The summed E-state index contributed by atoms with van der Waals surface area (Å²) >= 11 is 0. The van der Waals surface area contributed by atoms with Crippen molar-refractivity contribution in [2.45, 2.75) is 37.5 Å². The summed E-state index contributed by atoms with van der Waals surface area (Å²) in [5, 5.41) is 19.5. The van der Waals surface area contributed by atoms with Gasteiger partial charge in [0.1, 0.15) is 23.1 Å². The largest absolute Gasteiger partial charge is 0.438 e. The van der Waals surface area contributed by atoms with E-state index in [2.05, 4.69) is 0 Å². The average molecular weight is 486 g/mol. The molecule has 1 saturated heterocycles. The number of aliphatic hydroxyl groups is 2. The lowest BCUT2D eigenvalue weighted by molar-refractivity contribution is -0.0892. The molecule has 3 aromatic rings. The van der Waals surface area contributed by atoms with Crippen molar-refractivity contribution < 1.29 is 32.9 Å². The monoisotopic (exact) mass is 485 g/mol. The van der Waals surface area contributed by atoms with Crippen LogP contribution < -0.4 is 0 Å². The van der Waals surface area contributed by atoms with Gasteiger partial charge >= 0.3 is 6.09 Å². The van der Waals surface area contributed by atoms with Gasteiger partial charge in [-0.15, -0.1) is 0 Å². The van der Waals surface area contributed by atoms with Gasteiger partial charge in [0.25, 0.3) is 0 Å². The van der Waals surface area contributed by atoms with Gasteiger partial charge in [0.15, 0.2) is 0 Å². The lowest BCUT2D eigenvalue weighted by Gasteiger charge is -2.44. The quantitative estimate of drug-likeness (QED) is 0.476. The predicted molar refractivity (Wildman–Crippen MR) is 124 cm³/mol. The molecule has 0 spiro atoms. The van der Waals surface area contributed by atoms with Crippen LogP contribution in [0.25, 0.3) is 11.1 Å². The molecular weight excluding hydrogens is 459 g/mol. The number of ether oxygens (including phenoxy) is 1. The summed E-state index contributed by atoms with van der Waals surface area (Å²) in [6.07, 6.45) is -1.42. The third-order valence-electron chi connectivity index (χ3n) is 6.52. The number of amides is 1. The van der Waals surface area contributed by atoms with Crippen molar-refractivity contribution in [1.82, 2.24) is 4.90 Å². The number of carbonyl (C=O) groups excluding carboxylic acids is 1. The molecule has 1 aliphatic heterocycles. The molecule has 5 nitrogen and oxygen atoms in total. The summed E-state index contributed by atoms with van der Waals surface area (Å²) in [6, 6.07) is 15.5. The molecular formula is C27H26F3NO4. The van der Waals surface area contributed by atoms with E-state index in [9.17, 15) is 28.2 Å². The highest BCUT2D eigenvalue weighted by molar-refractivity contribution is 5.70. The lowest BCUT2D eigenvalue weighted by atomic mass is 9.83. The van der Waals surface area contributed by atoms with Gasteiger partial charge in [0.05, 0.1) is 18.8 Å². The third-order valence-corrected chi connectivity index (χ3v) is 6.52. The Bertz CT molecular complexity index is 1190. The summed E-state index contributed by atoms with van der Waals surface area (Å²) in [6.45, 7) is 1.63. The van der Waals surface area contributed by atoms with Gasteiger partial charge in [-0.1, -0.05) is 36.4 Å². The molecule has 1 heterocycles. The maximum absolute atomic E-state index is 14.1. The molecule has 2 N–H and O–H groups in total. The normalized spacial score (nSPS) is 19.8. The Morgan fingerprint density at radius 3 is 2.26 bits per heavy atom. The van der Waals surface area contributed by atoms with E-state index >= 15 is 0 Å². The van der Waals surface area contributed by atoms with E-state index in [0.717, 1.165) is 11.6 Å². The summed E-state index contributed by atoms with van der Waals surface area (Å²) in [5.41, 5.74) is 0.978. The van der Waals surface area contributed by atoms with Crippen LogP contribution in [0.3, 0.4) is 0 Å². The first-order valence-corrected chi connectivity index (χ1v) is 11.3. The van der Waals surface area contributed by atoms with E-state index in [4.69, 9.17) is 4.74 Å². The molecule has 35 heavy (non-hydrogen) atoms. The van der Waals surface area contributed by atoms with E-state index in [0.29, 0.717) is 24.1 Å². The number of benzene rings is 3. The van der Waals surface area contributed by atoms with E-state index in [-0.39, 0.29) is 18.0 Å². The first-order valence-electron chi connectivity index (χ1n) is 11.3. The smallest absolute Gasteiger partial charge is 0.411 e. The number of hydrogen-bond donors (Lipinski definition) is 2. The second-order valence-corrected chi connectivity index (χ2v) is 8.78. The minimum absolute atomic E-state index is 0.0268. The number of rotatable bonds is 7. The van der Waals surface area contributed by atoms with Gasteiger partial charge in [-0.2, -0.15) is 0 Å². The zero-order valence-electron chi connectivity index (χ0n) is 19.1. The van der Waals surface area contributed by atoms with Crippen LogP contribution in [0.2, 0.25) is 0 Å². The summed E-state index contributed by atoms with van der Waals surface area (Å²) in [5.74, 6) is -1.75. The van der Waals surface area contributed by atoms with Crippen molar-refractivity contribution in [2.75, 3.05) is 13.2 Å². The van der Waals surface area contributed by atoms with Crippen LogP contribution in [0, 0.1) is 17.5 Å². The maximum atomic E-state index is 14.1. The van der Waals surface area contributed by atoms with Crippen molar-refractivity contribution in [3.8, 4) is 11.1 Å². The molecule has 4 rings (SSSR count). The Labute approximate surface area is 201 Å². The van der Waals surface area contributed by atoms with Gasteiger partial charge in [0.2, 0.25) is 0 Å². The van der Waals surface area contributed by atoms with E-state index < -0.39 is 41.9 Å². The molecule has 0 aromatic heterocycles. The Kier molecular flexibility index (Phi) is 7.14. The second kappa shape index (κ2) is 10.1. The van der Waals surface area contributed by atoms with Crippen molar-refractivity contribution >= 4 is 6.09 Å². The molecule has 0 aliphatic carbocycles. The highest BCUT2D eigenvalue weighted by Crippen LogP contribution is 2.40. The highest BCUT2D eigenvalue weighted by Gasteiger charge is 2.44. The van der Waals surface area contributed by atoms with E-state index in [1.165, 1.54) is 36.4 Å². The van der Waals surface area contributed by atoms with Crippen LogP contribution in [0.5, 0.6) is 0 Å². The molecule has 1 unspecified atom stereocenters. The van der Waals surface area contributed by atoms with E-state index in [1.807, 2.05) is 6.92 Å². The SMILES string of the molecule is C[C@@H](c1ccc(-c2ccc(F)cc2F)cc1)N1CC[C@](CC(O)CO)(c2ccc(F)cc2)OC1=O. The zero-order valence-corrected chi connectivity index (χ0v) is 19.1. The first kappa shape index (κ1) is 24.8. The van der Waals surface area contributed by atoms with Gasteiger partial charge in [-0.05, 0) is 47.9 Å². The number of halogens is 3. The lowest BCUT2D eigenvalue weighted by Crippen LogP contribution is -2.50. The Morgan fingerprint density at radius 2 is 1.66 bits per heavy atom. The van der Waals surface area contributed by atoms with Crippen molar-refractivity contribution in [3.63, 3.8) is 0 Å². The standard InChI is InChI=1S/C27H26F3NO4/c1-17(18-2-4-19(5-3-18)24-11-10-22(29)14-25(24)30)31-13-12-27(35-26(31)34,15-23(33)16-32)20-6-8-21(28)9-7-20/h2-11,14,17,23,32-33H,12-13,15-16H2,1H3/t17-,23?,27-/m0/s1. The minimum atomic E-state index is -1.20. The average Bonchev–Trinajstić information content (AvgIpc) is 2.84. The number of nitrogens with zero attached hydrogens (tertiary/aromatic N) is 1. The van der Waals surface area contributed by atoms with Crippen molar-refractivity contribution in [2.24, 2.45) is 0 Å². The molecule has 1 aliphatic rings. The molecule has 0 radical (unpaired) electrons. The predicted octanol–water partition coefficient (Wildman–Crippen LogP) is 5.31. The number of carbonyl (C=O) groups is 1. The van der Waals surface area contributed by atoms with Crippen LogP contribution in [0.1, 0.15) is 36.9 Å². The summed E-state index contributed by atoms with van der Waals surface area (Å²) < 4.78 is 46.7. The molecule has 0 bridgehead atoms. The molecule has 1 amide bonds. The van der Waals surface area contributed by atoms with Crippen LogP contribution in [-0.2, 0) is 10.3 Å². The van der Waals surface area contributed by atoms with Crippen LogP contribution in [0.4, 0.5) is 18.0 Å². The molecule has 3 atom stereocenters. The van der Waals surface area contributed by atoms with Gasteiger partial charge in [0, 0.05) is 31.0 Å². The van der Waals surface area contributed by atoms with Crippen LogP contribution in [0.15, 0.2) is 66.7 Å². The number of hydrogen-bond acceptors (Lipinski definition) is 4. The van der Waals surface area contributed by atoms with Crippen molar-refractivity contribution in [1.29, 1.82) is 0 Å². The minimum Gasteiger partial charge on any atom is -0.438 e. The molecule has 184 valence electrons. The van der Waals surface area contributed by atoms with E-state index in [1.54, 1.807) is 29.2 Å². The van der Waals surface area contributed by atoms with Gasteiger partial charge < -0.3 is 19.8 Å². The molecule has 8 heteroatoms. The Morgan fingerprint density at radius 1 is 1.00 bits per heavy atom. The second-order valence-electron chi connectivity index (χ2n) is 8.78. The van der Waals surface area contributed by atoms with Gasteiger partial charge in [-0.25, -0.2) is 18.0 Å². The highest BCUT2D eigenvalue weighted by atomic mass is 19.1. The summed E-state index contributed by atoms with van der Waals surface area (Å²) in [4.78, 5) is 14.6. The first-order chi connectivity index (χ1) is 16.7. The number of cyclic esters (lactones) is 1. The topological polar surface area (TPSA) is 70.0 Å². The van der Waals surface area contributed by atoms with Crippen molar-refractivity contribution in [3.05, 3.63) is 95.3 Å². The summed E-state index contributed by atoms with van der Waals surface area (Å²) in [7, 11) is 0. The van der Waals surface area contributed by atoms with Gasteiger partial charge in [-0.3, -0.25) is 0 Å². The van der Waals surface area contributed by atoms with Crippen LogP contribution >= 0.6 is 0 Å². The number of aliphatic hydroxyl groups excluding tert-OH is 2. The fraction of sp³-hybridized carbons (Fsp3) is 0.296.